The van der Waals surface area contributed by atoms with Crippen LogP contribution >= 0.6 is 11.6 Å². The van der Waals surface area contributed by atoms with Gasteiger partial charge >= 0.3 is 0 Å². The Morgan fingerprint density at radius 2 is 1.90 bits per heavy atom. The van der Waals surface area contributed by atoms with Gasteiger partial charge in [0.2, 0.25) is 0 Å². The summed E-state index contributed by atoms with van der Waals surface area (Å²) in [5.74, 6) is -0.428. The highest BCUT2D eigenvalue weighted by atomic mass is 35.5. The molecule has 0 aliphatic carbocycles. The predicted molar refractivity (Wildman–Crippen MR) is 77.2 cm³/mol. The first-order valence-electron chi connectivity index (χ1n) is 6.13. The quantitative estimate of drug-likeness (QED) is 0.769. The minimum Gasteiger partial charge on any atom is -0.384 e. The summed E-state index contributed by atoms with van der Waals surface area (Å²) in [5, 5.41) is 11.5. The number of aromatic nitrogens is 1. The molecule has 4 heteroatoms. The second kappa shape index (κ2) is 5.19. The van der Waals surface area contributed by atoms with E-state index >= 15 is 0 Å². The van der Waals surface area contributed by atoms with Crippen molar-refractivity contribution in [3.05, 3.63) is 76.7 Å². The molecule has 0 saturated carbocycles. The van der Waals surface area contributed by atoms with Gasteiger partial charge in [0.15, 0.2) is 0 Å². The highest BCUT2D eigenvalue weighted by Crippen LogP contribution is 2.29. The molecule has 0 aliphatic heterocycles. The third-order valence-corrected chi connectivity index (χ3v) is 3.51. The molecule has 1 atom stereocenters. The average Bonchev–Trinajstić information content (AvgIpc) is 2.46. The number of fused-ring (bicyclic) bond motifs is 1. The number of halogens is 2. The lowest BCUT2D eigenvalue weighted by Crippen LogP contribution is -2.01. The summed E-state index contributed by atoms with van der Waals surface area (Å²) in [7, 11) is 0. The van der Waals surface area contributed by atoms with Gasteiger partial charge in [0.05, 0.1) is 5.52 Å². The van der Waals surface area contributed by atoms with E-state index in [2.05, 4.69) is 4.98 Å². The summed E-state index contributed by atoms with van der Waals surface area (Å²) in [6.45, 7) is 0. The molecule has 20 heavy (non-hydrogen) atoms. The summed E-state index contributed by atoms with van der Waals surface area (Å²) in [4.78, 5) is 4.30. The van der Waals surface area contributed by atoms with Gasteiger partial charge in [0.25, 0.3) is 0 Å². The normalized spacial score (nSPS) is 12.6. The lowest BCUT2D eigenvalue weighted by Gasteiger charge is -2.13. The number of hydrogen-bond acceptors (Lipinski definition) is 2. The van der Waals surface area contributed by atoms with E-state index < -0.39 is 11.9 Å². The van der Waals surface area contributed by atoms with E-state index in [1.54, 1.807) is 6.20 Å². The summed E-state index contributed by atoms with van der Waals surface area (Å²) in [6, 6.07) is 13.4. The average molecular weight is 288 g/mol. The van der Waals surface area contributed by atoms with Crippen LogP contribution in [0.3, 0.4) is 0 Å². The molecule has 0 aliphatic rings. The second-order valence-electron chi connectivity index (χ2n) is 4.53. The number of aliphatic hydroxyl groups excluding tert-OH is 1. The van der Waals surface area contributed by atoms with Crippen molar-refractivity contribution >= 4 is 22.5 Å². The first-order chi connectivity index (χ1) is 9.65. The number of rotatable bonds is 2. The van der Waals surface area contributed by atoms with Crippen molar-refractivity contribution in [1.82, 2.24) is 4.98 Å². The number of benzene rings is 2. The van der Waals surface area contributed by atoms with E-state index in [-0.39, 0.29) is 5.02 Å². The molecule has 100 valence electrons. The molecule has 1 heterocycles. The van der Waals surface area contributed by atoms with Crippen LogP contribution in [0, 0.1) is 5.82 Å². The fourth-order valence-electron chi connectivity index (χ4n) is 2.14. The van der Waals surface area contributed by atoms with Crippen LogP contribution in [0.4, 0.5) is 4.39 Å². The Kier molecular flexibility index (Phi) is 3.38. The van der Waals surface area contributed by atoms with Gasteiger partial charge in [-0.25, -0.2) is 4.39 Å². The molecule has 2 nitrogen and oxygen atoms in total. The third kappa shape index (κ3) is 2.38. The maximum atomic E-state index is 13.0. The van der Waals surface area contributed by atoms with Gasteiger partial charge in [-0.3, -0.25) is 4.98 Å². The van der Waals surface area contributed by atoms with Gasteiger partial charge in [-0.1, -0.05) is 35.9 Å². The largest absolute Gasteiger partial charge is 0.384 e. The van der Waals surface area contributed by atoms with Gasteiger partial charge in [-0.15, -0.1) is 0 Å². The van der Waals surface area contributed by atoms with E-state index in [9.17, 15) is 9.50 Å². The Bertz CT molecular complexity index is 775. The molecule has 0 bridgehead atoms. The summed E-state index contributed by atoms with van der Waals surface area (Å²) < 4.78 is 13.0. The second-order valence-corrected chi connectivity index (χ2v) is 4.94. The van der Waals surface area contributed by atoms with Crippen LogP contribution in [0.5, 0.6) is 0 Å². The molecular weight excluding hydrogens is 277 g/mol. The van der Waals surface area contributed by atoms with Crippen molar-refractivity contribution in [3.63, 3.8) is 0 Å². The van der Waals surface area contributed by atoms with Gasteiger partial charge < -0.3 is 5.11 Å². The fraction of sp³-hybridized carbons (Fsp3) is 0.0625. The molecular formula is C16H11ClFNO. The van der Waals surface area contributed by atoms with E-state index in [0.29, 0.717) is 11.1 Å². The number of aliphatic hydroxyl groups is 1. The Morgan fingerprint density at radius 1 is 1.10 bits per heavy atom. The van der Waals surface area contributed by atoms with Gasteiger partial charge in [-0.2, -0.15) is 0 Å². The number of pyridine rings is 1. The van der Waals surface area contributed by atoms with Crippen LogP contribution in [-0.4, -0.2) is 10.1 Å². The van der Waals surface area contributed by atoms with E-state index in [4.69, 9.17) is 11.6 Å². The Labute approximate surface area is 120 Å². The van der Waals surface area contributed by atoms with Gasteiger partial charge in [-0.05, 0) is 24.3 Å². The highest BCUT2D eigenvalue weighted by Gasteiger charge is 2.15. The van der Waals surface area contributed by atoms with Gasteiger partial charge in [0, 0.05) is 27.7 Å². The maximum absolute atomic E-state index is 13.0. The molecule has 3 rings (SSSR count). The highest BCUT2D eigenvalue weighted by molar-refractivity contribution is 6.31. The molecule has 1 unspecified atom stereocenters. The molecule has 2 aromatic carbocycles. The van der Waals surface area contributed by atoms with Gasteiger partial charge in [0.1, 0.15) is 11.9 Å². The molecule has 1 N–H and O–H groups in total. The molecule has 0 spiro atoms. The van der Waals surface area contributed by atoms with Crippen LogP contribution < -0.4 is 0 Å². The SMILES string of the molecule is OC(c1cnc2ccccc2c1)c1ccc(F)cc1Cl. The van der Waals surface area contributed by atoms with Crippen molar-refractivity contribution in [1.29, 1.82) is 0 Å². The molecule has 0 fully saturated rings. The summed E-state index contributed by atoms with van der Waals surface area (Å²) in [5.41, 5.74) is 1.94. The smallest absolute Gasteiger partial charge is 0.124 e. The monoisotopic (exact) mass is 287 g/mol. The molecule has 3 aromatic rings. The van der Waals surface area contributed by atoms with Crippen LogP contribution in [0.2, 0.25) is 5.02 Å². The first kappa shape index (κ1) is 13.0. The van der Waals surface area contributed by atoms with Crippen molar-refractivity contribution < 1.29 is 9.50 Å². The maximum Gasteiger partial charge on any atom is 0.124 e. The molecule has 0 amide bonds. The van der Waals surface area contributed by atoms with Crippen LogP contribution in [-0.2, 0) is 0 Å². The minimum absolute atomic E-state index is 0.200. The molecule has 1 aromatic heterocycles. The van der Waals surface area contributed by atoms with E-state index in [1.807, 2.05) is 30.3 Å². The van der Waals surface area contributed by atoms with Crippen LogP contribution in [0.1, 0.15) is 17.2 Å². The number of para-hydroxylation sites is 1. The van der Waals surface area contributed by atoms with Crippen molar-refractivity contribution in [2.24, 2.45) is 0 Å². The first-order valence-corrected chi connectivity index (χ1v) is 6.50. The summed E-state index contributed by atoms with van der Waals surface area (Å²) >= 11 is 5.97. The standard InChI is InChI=1S/C16H11ClFNO/c17-14-8-12(18)5-6-13(14)16(20)11-7-10-3-1-2-4-15(10)19-9-11/h1-9,16,20H. The van der Waals surface area contributed by atoms with E-state index in [1.165, 1.54) is 18.2 Å². The van der Waals surface area contributed by atoms with Crippen LogP contribution in [0.25, 0.3) is 10.9 Å². The minimum atomic E-state index is -0.930. The Morgan fingerprint density at radius 3 is 2.70 bits per heavy atom. The number of hydrogen-bond donors (Lipinski definition) is 1. The zero-order chi connectivity index (χ0) is 14.1. The summed E-state index contributed by atoms with van der Waals surface area (Å²) in [6.07, 6.45) is 0.673. The lowest BCUT2D eigenvalue weighted by atomic mass is 10.0. The fourth-order valence-corrected chi connectivity index (χ4v) is 2.41. The Balaban J connectivity index is 2.05. The molecule has 0 radical (unpaired) electrons. The van der Waals surface area contributed by atoms with Crippen LogP contribution in [0.15, 0.2) is 54.7 Å². The predicted octanol–water partition coefficient (Wildman–Crippen LogP) is 4.11. The van der Waals surface area contributed by atoms with E-state index in [0.717, 1.165) is 10.9 Å². The molecule has 0 saturated heterocycles. The number of nitrogens with zero attached hydrogens (tertiary/aromatic N) is 1. The lowest BCUT2D eigenvalue weighted by molar-refractivity contribution is 0.220. The van der Waals surface area contributed by atoms with Crippen molar-refractivity contribution in [3.8, 4) is 0 Å². The third-order valence-electron chi connectivity index (χ3n) is 3.18. The van der Waals surface area contributed by atoms with Crippen molar-refractivity contribution in [2.45, 2.75) is 6.10 Å². The zero-order valence-corrected chi connectivity index (χ0v) is 11.2. The Hall–Kier alpha value is -1.97. The zero-order valence-electron chi connectivity index (χ0n) is 10.4. The van der Waals surface area contributed by atoms with Crippen molar-refractivity contribution in [2.75, 3.05) is 0 Å². The topological polar surface area (TPSA) is 33.1 Å².